The van der Waals surface area contributed by atoms with Crippen LogP contribution in [0.25, 0.3) is 0 Å². The van der Waals surface area contributed by atoms with Gasteiger partial charge in [0.15, 0.2) is 0 Å². The van der Waals surface area contributed by atoms with E-state index in [-0.39, 0.29) is 41.4 Å². The Morgan fingerprint density at radius 2 is 1.62 bits per heavy atom. The van der Waals surface area contributed by atoms with E-state index in [2.05, 4.69) is 28.1 Å². The van der Waals surface area contributed by atoms with Crippen molar-refractivity contribution in [3.63, 3.8) is 0 Å². The van der Waals surface area contributed by atoms with Gasteiger partial charge >= 0.3 is 0 Å². The summed E-state index contributed by atoms with van der Waals surface area (Å²) in [5.74, 6) is -0.875. The molecule has 2 rings (SSSR count). The standard InChI is InChI=1S/C35H59N3O4/c1-8-25(4)32(36-20-19-26-15-11-9-12-16-26)34(42)38-33(41)28(24(2)3)22-30(39)29(21-27-17-13-10-14-18-27)37-31(40)23-35(5,6)7/h9,11-12,15-16,24-25,27-30,32,36,39H,8,10,13-14,17-23H2,1-7H3,(H,37,40)(H,38,41,42)/t25-,28-,29-,30-,32-/m0/s1. The smallest absolute Gasteiger partial charge is 0.243 e. The molecule has 1 aliphatic rings. The second kappa shape index (κ2) is 17.8. The normalized spacial score (nSPS) is 18.1. The molecule has 0 saturated heterocycles. The van der Waals surface area contributed by atoms with Gasteiger partial charge in [-0.15, -0.1) is 0 Å². The first-order chi connectivity index (χ1) is 19.8. The maximum atomic E-state index is 13.5. The quantitative estimate of drug-likeness (QED) is 0.196. The van der Waals surface area contributed by atoms with Crippen LogP contribution in [0.2, 0.25) is 0 Å². The molecule has 0 unspecified atom stereocenters. The molecule has 0 spiro atoms. The van der Waals surface area contributed by atoms with E-state index >= 15 is 0 Å². The average molecular weight is 586 g/mol. The molecule has 0 radical (unpaired) electrons. The van der Waals surface area contributed by atoms with Crippen LogP contribution in [0.3, 0.4) is 0 Å². The van der Waals surface area contributed by atoms with E-state index < -0.39 is 24.1 Å². The lowest BCUT2D eigenvalue weighted by atomic mass is 9.81. The van der Waals surface area contributed by atoms with Crippen LogP contribution in [0.5, 0.6) is 0 Å². The van der Waals surface area contributed by atoms with Crippen LogP contribution in [-0.4, -0.2) is 47.6 Å². The van der Waals surface area contributed by atoms with E-state index in [0.29, 0.717) is 25.3 Å². The lowest BCUT2D eigenvalue weighted by Gasteiger charge is -2.33. The van der Waals surface area contributed by atoms with Gasteiger partial charge in [0.05, 0.1) is 18.2 Å². The predicted molar refractivity (Wildman–Crippen MR) is 171 cm³/mol. The summed E-state index contributed by atoms with van der Waals surface area (Å²) in [6, 6.07) is 9.21. The molecule has 4 N–H and O–H groups in total. The van der Waals surface area contributed by atoms with E-state index in [4.69, 9.17) is 0 Å². The summed E-state index contributed by atoms with van der Waals surface area (Å²) in [6.45, 7) is 14.7. The monoisotopic (exact) mass is 585 g/mol. The van der Waals surface area contributed by atoms with Crippen molar-refractivity contribution in [1.82, 2.24) is 16.0 Å². The van der Waals surface area contributed by atoms with Crippen LogP contribution < -0.4 is 16.0 Å². The van der Waals surface area contributed by atoms with Gasteiger partial charge in [0.1, 0.15) is 0 Å². The van der Waals surface area contributed by atoms with Crippen LogP contribution in [0.4, 0.5) is 0 Å². The number of nitrogens with one attached hydrogen (secondary N) is 3. The summed E-state index contributed by atoms with van der Waals surface area (Å²) >= 11 is 0. The molecule has 1 aromatic rings. The summed E-state index contributed by atoms with van der Waals surface area (Å²) in [5.41, 5.74) is 1.03. The summed E-state index contributed by atoms with van der Waals surface area (Å²) in [4.78, 5) is 39.8. The highest BCUT2D eigenvalue weighted by Gasteiger charge is 2.34. The van der Waals surface area contributed by atoms with Crippen molar-refractivity contribution in [3.05, 3.63) is 35.9 Å². The lowest BCUT2D eigenvalue weighted by Crippen LogP contribution is -2.52. The maximum Gasteiger partial charge on any atom is 0.243 e. The SMILES string of the molecule is CC[C@H](C)[C@H](NCCc1ccccc1)C(=O)NC(=O)[C@@H](C[C@H](O)[C@H](CC1CCCCC1)NC(=O)CC(C)(C)C)C(C)C. The van der Waals surface area contributed by atoms with Crippen LogP contribution in [-0.2, 0) is 20.8 Å². The molecule has 0 bridgehead atoms. The minimum atomic E-state index is -0.876. The zero-order valence-electron chi connectivity index (χ0n) is 27.4. The Bertz CT molecular complexity index is 953. The molecular weight excluding hydrogens is 526 g/mol. The molecule has 1 aromatic carbocycles. The summed E-state index contributed by atoms with van der Waals surface area (Å²) in [5, 5.41) is 20.6. The van der Waals surface area contributed by atoms with Crippen LogP contribution in [0.15, 0.2) is 30.3 Å². The largest absolute Gasteiger partial charge is 0.391 e. The minimum Gasteiger partial charge on any atom is -0.391 e. The van der Waals surface area contributed by atoms with Crippen molar-refractivity contribution in [1.29, 1.82) is 0 Å². The van der Waals surface area contributed by atoms with Gasteiger partial charge in [-0.2, -0.15) is 0 Å². The topological polar surface area (TPSA) is 108 Å². The third kappa shape index (κ3) is 12.9. The first kappa shape index (κ1) is 35.9. The highest BCUT2D eigenvalue weighted by Crippen LogP contribution is 2.30. The van der Waals surface area contributed by atoms with Gasteiger partial charge in [0, 0.05) is 12.3 Å². The van der Waals surface area contributed by atoms with Gasteiger partial charge in [0.25, 0.3) is 0 Å². The Kier molecular flexibility index (Phi) is 15.2. The van der Waals surface area contributed by atoms with Gasteiger partial charge in [0.2, 0.25) is 17.7 Å². The van der Waals surface area contributed by atoms with E-state index in [9.17, 15) is 19.5 Å². The molecule has 42 heavy (non-hydrogen) atoms. The predicted octanol–water partition coefficient (Wildman–Crippen LogP) is 5.79. The number of aliphatic hydroxyl groups excluding tert-OH is 1. The first-order valence-corrected chi connectivity index (χ1v) is 16.4. The van der Waals surface area contributed by atoms with Gasteiger partial charge in [-0.3, -0.25) is 19.7 Å². The van der Waals surface area contributed by atoms with Crippen molar-refractivity contribution in [3.8, 4) is 0 Å². The zero-order chi connectivity index (χ0) is 31.3. The Hall–Kier alpha value is -2.25. The molecule has 3 amide bonds. The molecule has 7 nitrogen and oxygen atoms in total. The lowest BCUT2D eigenvalue weighted by molar-refractivity contribution is -0.136. The third-order valence-electron chi connectivity index (χ3n) is 8.81. The molecule has 0 heterocycles. The number of carbonyl (C=O) groups is 3. The fraction of sp³-hybridized carbons (Fsp3) is 0.743. The Morgan fingerprint density at radius 1 is 0.976 bits per heavy atom. The van der Waals surface area contributed by atoms with Gasteiger partial charge in [-0.05, 0) is 54.5 Å². The number of hydrogen-bond donors (Lipinski definition) is 4. The molecular formula is C35H59N3O4. The number of rotatable bonds is 16. The molecule has 238 valence electrons. The van der Waals surface area contributed by atoms with Crippen molar-refractivity contribution >= 4 is 17.7 Å². The average Bonchev–Trinajstić information content (AvgIpc) is 2.93. The van der Waals surface area contributed by atoms with Crippen molar-refractivity contribution in [2.75, 3.05) is 6.54 Å². The van der Waals surface area contributed by atoms with Gasteiger partial charge in [-0.1, -0.05) is 117 Å². The highest BCUT2D eigenvalue weighted by molar-refractivity contribution is 5.98. The highest BCUT2D eigenvalue weighted by atomic mass is 16.3. The summed E-state index contributed by atoms with van der Waals surface area (Å²) in [6.07, 6.45) is 7.80. The van der Waals surface area contributed by atoms with E-state index in [1.54, 1.807) is 0 Å². The third-order valence-corrected chi connectivity index (χ3v) is 8.81. The van der Waals surface area contributed by atoms with Gasteiger partial charge in [-0.25, -0.2) is 0 Å². The molecule has 0 aliphatic heterocycles. The number of benzene rings is 1. The van der Waals surface area contributed by atoms with E-state index in [1.807, 2.05) is 66.7 Å². The maximum absolute atomic E-state index is 13.5. The van der Waals surface area contributed by atoms with Crippen LogP contribution in [0, 0.1) is 29.1 Å². The minimum absolute atomic E-state index is 0.0505. The summed E-state index contributed by atoms with van der Waals surface area (Å²) < 4.78 is 0. The van der Waals surface area contributed by atoms with E-state index in [0.717, 1.165) is 25.7 Å². The molecule has 1 fully saturated rings. The number of hydrogen-bond acceptors (Lipinski definition) is 5. The Morgan fingerprint density at radius 3 is 2.19 bits per heavy atom. The number of aliphatic hydroxyl groups is 1. The first-order valence-electron chi connectivity index (χ1n) is 16.4. The molecule has 1 aliphatic carbocycles. The number of imide groups is 1. The van der Waals surface area contributed by atoms with Crippen molar-refractivity contribution < 1.29 is 19.5 Å². The summed E-state index contributed by atoms with van der Waals surface area (Å²) in [7, 11) is 0. The van der Waals surface area contributed by atoms with Crippen molar-refractivity contribution in [2.24, 2.45) is 29.1 Å². The van der Waals surface area contributed by atoms with Crippen molar-refractivity contribution in [2.45, 2.75) is 131 Å². The Labute approximate surface area is 255 Å². The van der Waals surface area contributed by atoms with E-state index in [1.165, 1.54) is 24.8 Å². The fourth-order valence-electron chi connectivity index (χ4n) is 6.04. The molecule has 0 aromatic heterocycles. The number of carbonyl (C=O) groups excluding carboxylic acids is 3. The second-order valence-electron chi connectivity index (χ2n) is 14.2. The molecule has 1 saturated carbocycles. The second-order valence-corrected chi connectivity index (χ2v) is 14.2. The zero-order valence-corrected chi connectivity index (χ0v) is 27.4. The van der Waals surface area contributed by atoms with Gasteiger partial charge < -0.3 is 15.7 Å². The molecule has 5 atom stereocenters. The molecule has 7 heteroatoms. The number of amides is 3. The van der Waals surface area contributed by atoms with Crippen LogP contribution in [0.1, 0.15) is 112 Å². The van der Waals surface area contributed by atoms with Crippen LogP contribution >= 0.6 is 0 Å². The Balaban J connectivity index is 2.08. The fourth-order valence-corrected chi connectivity index (χ4v) is 6.04.